The summed E-state index contributed by atoms with van der Waals surface area (Å²) in [6.45, 7) is 1.74. The molecule has 2 N–H and O–H groups in total. The van der Waals surface area contributed by atoms with Crippen LogP contribution in [0.4, 0.5) is 0 Å². The van der Waals surface area contributed by atoms with Crippen LogP contribution in [0.15, 0.2) is 41.3 Å². The van der Waals surface area contributed by atoms with E-state index in [4.69, 9.17) is 16.3 Å². The van der Waals surface area contributed by atoms with Crippen molar-refractivity contribution in [1.29, 1.82) is 0 Å². The first-order chi connectivity index (χ1) is 9.52. The van der Waals surface area contributed by atoms with Crippen LogP contribution in [0.3, 0.4) is 0 Å². The zero-order valence-electron chi connectivity index (χ0n) is 10.6. The minimum absolute atomic E-state index is 0.121. The van der Waals surface area contributed by atoms with Crippen LogP contribution in [0.5, 0.6) is 0 Å². The van der Waals surface area contributed by atoms with Gasteiger partial charge in [0.1, 0.15) is 0 Å². The van der Waals surface area contributed by atoms with Crippen molar-refractivity contribution in [3.05, 3.63) is 51.9 Å². The fraction of sp³-hybridized carbons (Fsp3) is 0.143. The van der Waals surface area contributed by atoms with Gasteiger partial charge in [0, 0.05) is 5.02 Å². The van der Waals surface area contributed by atoms with Crippen LogP contribution in [-0.2, 0) is 14.3 Å². The number of amides is 1. The van der Waals surface area contributed by atoms with Crippen LogP contribution in [0, 0.1) is 0 Å². The molecule has 2 rings (SSSR count). The number of ether oxygens (including phenoxy) is 1. The number of halogens is 1. The first-order valence-electron chi connectivity index (χ1n) is 5.92. The van der Waals surface area contributed by atoms with Crippen molar-refractivity contribution in [2.24, 2.45) is 0 Å². The number of carbonyl (C=O) groups is 2. The standard InChI is InChI=1S/C14H12ClNO4/c1-2-20-14(19)11-12(17)10(16-13(11)18)7-8-4-3-5-9(15)6-8/h3-7,17H,2H2,1H3,(H,16,18)/b10-7+. The second kappa shape index (κ2) is 5.79. The Kier molecular flexibility index (Phi) is 4.10. The molecule has 1 aromatic rings. The number of nitrogens with one attached hydrogen (secondary N) is 1. The van der Waals surface area contributed by atoms with Crippen molar-refractivity contribution >= 4 is 29.6 Å². The van der Waals surface area contributed by atoms with Gasteiger partial charge in [0.25, 0.3) is 5.91 Å². The van der Waals surface area contributed by atoms with Crippen molar-refractivity contribution in [3.63, 3.8) is 0 Å². The van der Waals surface area contributed by atoms with Gasteiger partial charge < -0.3 is 15.2 Å². The van der Waals surface area contributed by atoms with Gasteiger partial charge in [-0.15, -0.1) is 0 Å². The van der Waals surface area contributed by atoms with E-state index in [9.17, 15) is 14.7 Å². The summed E-state index contributed by atoms with van der Waals surface area (Å²) in [5, 5.41) is 12.9. The number of aliphatic hydroxyl groups excluding tert-OH is 1. The molecule has 20 heavy (non-hydrogen) atoms. The fourth-order valence-corrected chi connectivity index (χ4v) is 1.95. The Morgan fingerprint density at radius 1 is 1.50 bits per heavy atom. The number of esters is 1. The Morgan fingerprint density at radius 3 is 2.90 bits per heavy atom. The Balaban J connectivity index is 2.36. The summed E-state index contributed by atoms with van der Waals surface area (Å²) in [6, 6.07) is 6.85. The van der Waals surface area contributed by atoms with Crippen LogP contribution in [0.1, 0.15) is 12.5 Å². The minimum Gasteiger partial charge on any atom is -0.505 e. The third-order valence-electron chi connectivity index (χ3n) is 2.61. The number of carbonyl (C=O) groups excluding carboxylic acids is 2. The highest BCUT2D eigenvalue weighted by atomic mass is 35.5. The lowest BCUT2D eigenvalue weighted by atomic mass is 10.1. The van der Waals surface area contributed by atoms with Crippen LogP contribution < -0.4 is 5.32 Å². The molecule has 1 heterocycles. The van der Waals surface area contributed by atoms with Crippen LogP contribution in [0.25, 0.3) is 6.08 Å². The van der Waals surface area contributed by atoms with Crippen molar-refractivity contribution in [2.75, 3.05) is 6.61 Å². The SMILES string of the molecule is CCOC(=O)C1=C(O)/C(=C\c2cccc(Cl)c2)NC1=O. The molecule has 6 heteroatoms. The molecule has 0 aromatic heterocycles. The summed E-state index contributed by atoms with van der Waals surface area (Å²) in [4.78, 5) is 23.2. The molecule has 0 unspecified atom stereocenters. The van der Waals surface area contributed by atoms with E-state index in [0.717, 1.165) is 0 Å². The second-order valence-corrected chi connectivity index (χ2v) is 4.45. The van der Waals surface area contributed by atoms with Gasteiger partial charge in [0.05, 0.1) is 12.3 Å². The molecule has 1 amide bonds. The molecule has 0 fully saturated rings. The molecule has 5 nitrogen and oxygen atoms in total. The van der Waals surface area contributed by atoms with Gasteiger partial charge >= 0.3 is 5.97 Å². The molecule has 0 spiro atoms. The highest BCUT2D eigenvalue weighted by Crippen LogP contribution is 2.22. The Bertz CT molecular complexity index is 634. The van der Waals surface area contributed by atoms with E-state index >= 15 is 0 Å². The summed E-state index contributed by atoms with van der Waals surface area (Å²) >= 11 is 5.85. The smallest absolute Gasteiger partial charge is 0.347 e. The molecule has 1 aromatic carbocycles. The third kappa shape index (κ3) is 2.83. The highest BCUT2D eigenvalue weighted by molar-refractivity contribution is 6.30. The molecule has 1 aliphatic rings. The summed E-state index contributed by atoms with van der Waals surface area (Å²) in [5.74, 6) is -1.96. The molecule has 0 saturated carbocycles. The highest BCUT2D eigenvalue weighted by Gasteiger charge is 2.33. The van der Waals surface area contributed by atoms with E-state index in [1.165, 1.54) is 6.08 Å². The summed E-state index contributed by atoms with van der Waals surface area (Å²) in [6.07, 6.45) is 1.52. The lowest BCUT2D eigenvalue weighted by Gasteiger charge is -2.00. The van der Waals surface area contributed by atoms with E-state index in [0.29, 0.717) is 10.6 Å². The van der Waals surface area contributed by atoms with Gasteiger partial charge in [-0.1, -0.05) is 23.7 Å². The molecule has 0 bridgehead atoms. The van der Waals surface area contributed by atoms with Gasteiger partial charge in [0.15, 0.2) is 11.3 Å². The molecule has 0 atom stereocenters. The molecular weight excluding hydrogens is 282 g/mol. The molecule has 1 aliphatic heterocycles. The van der Waals surface area contributed by atoms with E-state index < -0.39 is 17.6 Å². The number of rotatable bonds is 3. The monoisotopic (exact) mass is 293 g/mol. The van der Waals surface area contributed by atoms with Crippen LogP contribution in [-0.4, -0.2) is 23.6 Å². The average molecular weight is 294 g/mol. The number of benzene rings is 1. The van der Waals surface area contributed by atoms with E-state index in [1.54, 1.807) is 31.2 Å². The molecular formula is C14H12ClNO4. The predicted molar refractivity (Wildman–Crippen MR) is 73.9 cm³/mol. The molecule has 0 radical (unpaired) electrons. The van der Waals surface area contributed by atoms with Crippen LogP contribution in [0.2, 0.25) is 5.02 Å². The summed E-state index contributed by atoms with van der Waals surface area (Å²) < 4.78 is 4.72. The molecule has 0 aliphatic carbocycles. The van der Waals surface area contributed by atoms with Gasteiger partial charge in [-0.25, -0.2) is 4.79 Å². The van der Waals surface area contributed by atoms with E-state index in [-0.39, 0.29) is 17.9 Å². The predicted octanol–water partition coefficient (Wildman–Crippen LogP) is 2.19. The first kappa shape index (κ1) is 14.1. The second-order valence-electron chi connectivity index (χ2n) is 4.01. The minimum atomic E-state index is -0.850. The largest absolute Gasteiger partial charge is 0.505 e. The zero-order valence-corrected chi connectivity index (χ0v) is 11.4. The maximum absolute atomic E-state index is 11.7. The third-order valence-corrected chi connectivity index (χ3v) is 2.84. The van der Waals surface area contributed by atoms with Crippen molar-refractivity contribution in [2.45, 2.75) is 6.92 Å². The first-order valence-corrected chi connectivity index (χ1v) is 6.30. The Hall–Kier alpha value is -2.27. The fourth-order valence-electron chi connectivity index (χ4n) is 1.75. The van der Waals surface area contributed by atoms with Crippen molar-refractivity contribution < 1.29 is 19.4 Å². The number of hydrogen-bond acceptors (Lipinski definition) is 4. The number of aliphatic hydroxyl groups is 1. The van der Waals surface area contributed by atoms with Gasteiger partial charge in [-0.2, -0.15) is 0 Å². The normalized spacial score (nSPS) is 16.5. The van der Waals surface area contributed by atoms with Crippen molar-refractivity contribution in [1.82, 2.24) is 5.32 Å². The Labute approximate surface area is 120 Å². The summed E-state index contributed by atoms with van der Waals surface area (Å²) in [5.41, 5.74) is 0.435. The lowest BCUT2D eigenvalue weighted by Crippen LogP contribution is -2.21. The van der Waals surface area contributed by atoms with Gasteiger partial charge in [0.2, 0.25) is 0 Å². The maximum Gasteiger partial charge on any atom is 0.347 e. The summed E-state index contributed by atoms with van der Waals surface area (Å²) in [7, 11) is 0. The van der Waals surface area contributed by atoms with Crippen LogP contribution >= 0.6 is 11.6 Å². The molecule has 104 valence electrons. The quantitative estimate of drug-likeness (QED) is 0.661. The lowest BCUT2D eigenvalue weighted by molar-refractivity contribution is -0.140. The van der Waals surface area contributed by atoms with E-state index in [1.807, 2.05) is 0 Å². The number of hydrogen-bond donors (Lipinski definition) is 2. The average Bonchev–Trinajstić information content (AvgIpc) is 2.65. The zero-order chi connectivity index (χ0) is 14.7. The maximum atomic E-state index is 11.7. The Morgan fingerprint density at radius 2 is 2.25 bits per heavy atom. The van der Waals surface area contributed by atoms with Gasteiger partial charge in [-0.3, -0.25) is 4.79 Å². The van der Waals surface area contributed by atoms with Gasteiger partial charge in [-0.05, 0) is 30.7 Å². The topological polar surface area (TPSA) is 75.6 Å². The molecule has 0 saturated heterocycles. The van der Waals surface area contributed by atoms with E-state index in [2.05, 4.69) is 5.32 Å². The van der Waals surface area contributed by atoms with Crippen molar-refractivity contribution in [3.8, 4) is 0 Å².